The first kappa shape index (κ1) is 12.6. The number of pyridine rings is 1. The number of nitrogens with one attached hydrogen (secondary N) is 1. The third-order valence-corrected chi connectivity index (χ3v) is 2.50. The molecule has 96 valence electrons. The number of rotatable bonds is 3. The maximum Gasteiger partial charge on any atom is 0.417 e. The minimum absolute atomic E-state index is 0.0315. The van der Waals surface area contributed by atoms with Crippen LogP contribution in [0.3, 0.4) is 0 Å². The molecule has 0 aliphatic rings. The molecular formula is C12H11F3N2O. The number of aromatic nitrogens is 1. The lowest BCUT2D eigenvalue weighted by Crippen LogP contribution is -2.09. The van der Waals surface area contributed by atoms with Gasteiger partial charge in [-0.1, -0.05) is 0 Å². The fourth-order valence-corrected chi connectivity index (χ4v) is 1.73. The van der Waals surface area contributed by atoms with E-state index in [0.717, 1.165) is 12.3 Å². The van der Waals surface area contributed by atoms with Gasteiger partial charge in [0, 0.05) is 23.5 Å². The zero-order chi connectivity index (χ0) is 13.2. The molecule has 0 atom stereocenters. The van der Waals surface area contributed by atoms with E-state index in [-0.39, 0.29) is 5.56 Å². The summed E-state index contributed by atoms with van der Waals surface area (Å²) in [7, 11) is 1.69. The summed E-state index contributed by atoms with van der Waals surface area (Å²) in [5.41, 5.74) is -0.273. The van der Waals surface area contributed by atoms with Crippen molar-refractivity contribution < 1.29 is 17.6 Å². The molecule has 0 aliphatic carbocycles. The van der Waals surface area contributed by atoms with Crippen LogP contribution in [0.5, 0.6) is 0 Å². The predicted octanol–water partition coefficient (Wildman–Crippen LogP) is 3.08. The highest BCUT2D eigenvalue weighted by Gasteiger charge is 2.34. The van der Waals surface area contributed by atoms with E-state index in [1.165, 1.54) is 18.5 Å². The first-order valence-corrected chi connectivity index (χ1v) is 5.26. The van der Waals surface area contributed by atoms with Gasteiger partial charge in [-0.05, 0) is 19.2 Å². The van der Waals surface area contributed by atoms with E-state index in [0.29, 0.717) is 17.9 Å². The van der Waals surface area contributed by atoms with Crippen molar-refractivity contribution in [2.75, 3.05) is 7.05 Å². The molecule has 0 amide bonds. The van der Waals surface area contributed by atoms with Gasteiger partial charge in [0.05, 0.1) is 18.4 Å². The number of alkyl halides is 3. The Kier molecular flexibility index (Phi) is 3.38. The quantitative estimate of drug-likeness (QED) is 0.917. The number of hydrogen-bond donors (Lipinski definition) is 1. The Labute approximate surface area is 102 Å². The van der Waals surface area contributed by atoms with Crippen molar-refractivity contribution in [3.63, 3.8) is 0 Å². The van der Waals surface area contributed by atoms with Crippen LogP contribution >= 0.6 is 0 Å². The van der Waals surface area contributed by atoms with Gasteiger partial charge >= 0.3 is 6.18 Å². The van der Waals surface area contributed by atoms with Crippen molar-refractivity contribution in [2.24, 2.45) is 0 Å². The van der Waals surface area contributed by atoms with Crippen LogP contribution in [0.4, 0.5) is 13.2 Å². The van der Waals surface area contributed by atoms with Gasteiger partial charge in [-0.3, -0.25) is 4.98 Å². The lowest BCUT2D eigenvalue weighted by Gasteiger charge is -2.11. The SMILES string of the molecule is CNCc1occc1-c1cnccc1C(F)(F)F. The summed E-state index contributed by atoms with van der Waals surface area (Å²) in [5.74, 6) is 0.455. The summed E-state index contributed by atoms with van der Waals surface area (Å²) in [5, 5.41) is 2.84. The molecule has 0 bridgehead atoms. The first-order chi connectivity index (χ1) is 8.54. The van der Waals surface area contributed by atoms with Gasteiger partial charge in [0.25, 0.3) is 0 Å². The van der Waals surface area contributed by atoms with E-state index in [1.54, 1.807) is 7.05 Å². The lowest BCUT2D eigenvalue weighted by atomic mass is 10.0. The molecule has 0 saturated heterocycles. The molecular weight excluding hydrogens is 245 g/mol. The Morgan fingerprint density at radius 1 is 1.28 bits per heavy atom. The van der Waals surface area contributed by atoms with Gasteiger partial charge in [0.15, 0.2) is 0 Å². The van der Waals surface area contributed by atoms with Crippen LogP contribution in [0, 0.1) is 0 Å². The third kappa shape index (κ3) is 2.38. The molecule has 2 heterocycles. The Morgan fingerprint density at radius 2 is 2.06 bits per heavy atom. The van der Waals surface area contributed by atoms with Crippen molar-refractivity contribution in [1.29, 1.82) is 0 Å². The summed E-state index contributed by atoms with van der Waals surface area (Å²) < 4.78 is 43.8. The zero-order valence-electron chi connectivity index (χ0n) is 9.58. The predicted molar refractivity (Wildman–Crippen MR) is 59.7 cm³/mol. The summed E-state index contributed by atoms with van der Waals surface area (Å²) in [6, 6.07) is 2.48. The topological polar surface area (TPSA) is 38.1 Å². The molecule has 0 aliphatic heterocycles. The monoisotopic (exact) mass is 256 g/mol. The fourth-order valence-electron chi connectivity index (χ4n) is 1.73. The minimum Gasteiger partial charge on any atom is -0.467 e. The van der Waals surface area contributed by atoms with Gasteiger partial charge < -0.3 is 9.73 Å². The average Bonchev–Trinajstić information content (AvgIpc) is 2.77. The summed E-state index contributed by atoms with van der Waals surface area (Å²) in [6.07, 6.45) is -0.710. The van der Waals surface area contributed by atoms with Crippen LogP contribution in [-0.4, -0.2) is 12.0 Å². The van der Waals surface area contributed by atoms with E-state index in [9.17, 15) is 13.2 Å². The molecule has 3 nitrogen and oxygen atoms in total. The molecule has 0 saturated carbocycles. The van der Waals surface area contributed by atoms with Gasteiger partial charge in [0.2, 0.25) is 0 Å². The van der Waals surface area contributed by atoms with Gasteiger partial charge in [-0.2, -0.15) is 13.2 Å². The Bertz CT molecular complexity index is 534. The lowest BCUT2D eigenvalue weighted by molar-refractivity contribution is -0.137. The van der Waals surface area contributed by atoms with Gasteiger partial charge in [-0.25, -0.2) is 0 Å². The van der Waals surface area contributed by atoms with E-state index < -0.39 is 11.7 Å². The average molecular weight is 256 g/mol. The van der Waals surface area contributed by atoms with Crippen LogP contribution in [-0.2, 0) is 12.7 Å². The first-order valence-electron chi connectivity index (χ1n) is 5.26. The van der Waals surface area contributed by atoms with E-state index in [2.05, 4.69) is 10.3 Å². The molecule has 0 fully saturated rings. The number of hydrogen-bond acceptors (Lipinski definition) is 3. The standard InChI is InChI=1S/C12H11F3N2O/c1-16-7-11-8(3-5-18-11)9-6-17-4-2-10(9)12(13,14)15/h2-6,16H,7H2,1H3. The van der Waals surface area contributed by atoms with E-state index >= 15 is 0 Å². The van der Waals surface area contributed by atoms with E-state index in [4.69, 9.17) is 4.42 Å². The molecule has 1 N–H and O–H groups in total. The third-order valence-electron chi connectivity index (χ3n) is 2.50. The normalized spacial score (nSPS) is 11.8. The highest BCUT2D eigenvalue weighted by Crippen LogP contribution is 2.37. The van der Waals surface area contributed by atoms with E-state index in [1.807, 2.05) is 0 Å². The van der Waals surface area contributed by atoms with Crippen molar-refractivity contribution >= 4 is 0 Å². The van der Waals surface area contributed by atoms with Crippen LogP contribution in [0.25, 0.3) is 11.1 Å². The highest BCUT2D eigenvalue weighted by atomic mass is 19.4. The second-order valence-electron chi connectivity index (χ2n) is 3.71. The van der Waals surface area contributed by atoms with Crippen molar-refractivity contribution in [2.45, 2.75) is 12.7 Å². The molecule has 0 radical (unpaired) electrons. The molecule has 6 heteroatoms. The van der Waals surface area contributed by atoms with Crippen molar-refractivity contribution in [1.82, 2.24) is 10.3 Å². The second kappa shape index (κ2) is 4.81. The number of furan rings is 1. The summed E-state index contributed by atoms with van der Waals surface area (Å²) in [6.45, 7) is 0.356. The molecule has 0 spiro atoms. The Balaban J connectivity index is 2.54. The number of halogens is 3. The fraction of sp³-hybridized carbons (Fsp3) is 0.250. The molecule has 2 aromatic heterocycles. The molecule has 0 unspecified atom stereocenters. The molecule has 2 rings (SSSR count). The second-order valence-corrected chi connectivity index (χ2v) is 3.71. The highest BCUT2D eigenvalue weighted by molar-refractivity contribution is 5.68. The van der Waals surface area contributed by atoms with Crippen molar-refractivity contribution in [3.8, 4) is 11.1 Å². The molecule has 2 aromatic rings. The maximum atomic E-state index is 12.9. The van der Waals surface area contributed by atoms with Gasteiger partial charge in [0.1, 0.15) is 5.76 Å². The van der Waals surface area contributed by atoms with Crippen LogP contribution in [0.15, 0.2) is 35.2 Å². The van der Waals surface area contributed by atoms with Gasteiger partial charge in [-0.15, -0.1) is 0 Å². The smallest absolute Gasteiger partial charge is 0.417 e. The summed E-state index contributed by atoms with van der Waals surface area (Å²) >= 11 is 0. The Morgan fingerprint density at radius 3 is 2.72 bits per heavy atom. The minimum atomic E-state index is -4.41. The van der Waals surface area contributed by atoms with Crippen molar-refractivity contribution in [3.05, 3.63) is 42.1 Å². The summed E-state index contributed by atoms with van der Waals surface area (Å²) in [4.78, 5) is 3.75. The largest absolute Gasteiger partial charge is 0.467 e. The Hall–Kier alpha value is -1.82. The van der Waals surface area contributed by atoms with Crippen LogP contribution < -0.4 is 5.32 Å². The molecule has 0 aromatic carbocycles. The van der Waals surface area contributed by atoms with Crippen LogP contribution in [0.2, 0.25) is 0 Å². The number of nitrogens with zero attached hydrogens (tertiary/aromatic N) is 1. The maximum absolute atomic E-state index is 12.9. The molecule has 18 heavy (non-hydrogen) atoms. The zero-order valence-corrected chi connectivity index (χ0v) is 9.58. The van der Waals surface area contributed by atoms with Crippen LogP contribution in [0.1, 0.15) is 11.3 Å².